The van der Waals surface area contributed by atoms with Crippen molar-refractivity contribution in [1.82, 2.24) is 0 Å². The van der Waals surface area contributed by atoms with Crippen LogP contribution in [-0.2, 0) is 5.41 Å². The van der Waals surface area contributed by atoms with E-state index in [1.54, 1.807) is 0 Å². The fourth-order valence-corrected chi connectivity index (χ4v) is 5.43. The molecule has 0 heterocycles. The Kier molecular flexibility index (Phi) is 3.91. The molecule has 31 heavy (non-hydrogen) atoms. The molecular weight excluding hydrogens is 372 g/mol. The van der Waals surface area contributed by atoms with Gasteiger partial charge in [0.05, 0.1) is 5.41 Å². The molecule has 0 fully saturated rings. The summed E-state index contributed by atoms with van der Waals surface area (Å²) in [5.41, 5.74) is 10.3. The lowest BCUT2D eigenvalue weighted by molar-refractivity contribution is 0.769. The molecule has 0 heteroatoms. The molecule has 0 saturated carbocycles. The molecule has 0 radical (unpaired) electrons. The van der Waals surface area contributed by atoms with Gasteiger partial charge in [-0.05, 0) is 64.1 Å². The first kappa shape index (κ1) is 18.2. The average Bonchev–Trinajstić information content (AvgIpc) is 3.11. The number of rotatable bonds is 2. The molecule has 0 nitrogen and oxygen atoms in total. The van der Waals surface area contributed by atoms with Crippen molar-refractivity contribution >= 4 is 10.8 Å². The maximum atomic E-state index is 2.40. The first-order valence-corrected chi connectivity index (χ1v) is 11.0. The fourth-order valence-electron chi connectivity index (χ4n) is 5.43. The first-order chi connectivity index (χ1) is 15.2. The molecule has 148 valence electrons. The van der Waals surface area contributed by atoms with Crippen molar-refractivity contribution in [1.29, 1.82) is 0 Å². The van der Waals surface area contributed by atoms with E-state index in [2.05, 4.69) is 123 Å². The van der Waals surface area contributed by atoms with E-state index in [1.807, 2.05) is 0 Å². The molecule has 6 rings (SSSR count). The highest BCUT2D eigenvalue weighted by Crippen LogP contribution is 2.56. The van der Waals surface area contributed by atoms with Gasteiger partial charge < -0.3 is 0 Å². The molecule has 1 aliphatic carbocycles. The van der Waals surface area contributed by atoms with E-state index in [0.717, 1.165) is 0 Å². The molecule has 0 N–H and O–H groups in total. The van der Waals surface area contributed by atoms with Crippen LogP contribution in [0, 0.1) is 13.8 Å². The molecule has 0 bridgehead atoms. The SMILES string of the molecule is Cc1ccc(C2(c3ccc4cc(C)ccc4c3)c3ccccc3-c3ccccc32)cc1. The van der Waals surface area contributed by atoms with Crippen LogP contribution in [0.3, 0.4) is 0 Å². The summed E-state index contributed by atoms with van der Waals surface area (Å²) in [5, 5.41) is 2.58. The largest absolute Gasteiger partial charge is 0.0713 e. The van der Waals surface area contributed by atoms with Gasteiger partial charge in [-0.15, -0.1) is 0 Å². The molecule has 1 aliphatic rings. The van der Waals surface area contributed by atoms with Crippen LogP contribution in [0.15, 0.2) is 109 Å². The standard InChI is InChI=1S/C31H24/c1-21-12-16-25(17-13-21)31(26-18-15-23-19-22(2)11-14-24(23)20-26)29-9-5-3-7-27(29)28-8-4-6-10-30(28)31/h3-20H,1-2H3. The predicted molar refractivity (Wildman–Crippen MR) is 131 cm³/mol. The van der Waals surface area contributed by atoms with Crippen molar-refractivity contribution in [3.05, 3.63) is 143 Å². The third-order valence-electron chi connectivity index (χ3n) is 6.87. The summed E-state index contributed by atoms with van der Waals surface area (Å²) in [4.78, 5) is 0. The van der Waals surface area contributed by atoms with Gasteiger partial charge in [0.25, 0.3) is 0 Å². The summed E-state index contributed by atoms with van der Waals surface area (Å²) < 4.78 is 0. The minimum absolute atomic E-state index is 0.319. The normalized spacial score (nSPS) is 13.7. The van der Waals surface area contributed by atoms with Crippen LogP contribution in [0.4, 0.5) is 0 Å². The van der Waals surface area contributed by atoms with Crippen molar-refractivity contribution in [2.24, 2.45) is 0 Å². The highest BCUT2D eigenvalue weighted by atomic mass is 14.5. The molecule has 5 aromatic carbocycles. The van der Waals surface area contributed by atoms with Crippen LogP contribution >= 0.6 is 0 Å². The van der Waals surface area contributed by atoms with E-state index < -0.39 is 0 Å². The Balaban J connectivity index is 1.76. The summed E-state index contributed by atoms with van der Waals surface area (Å²) in [6.45, 7) is 4.32. The van der Waals surface area contributed by atoms with E-state index in [-0.39, 0.29) is 5.41 Å². The smallest absolute Gasteiger partial charge is 0.0619 e. The number of fused-ring (bicyclic) bond motifs is 4. The lowest BCUT2D eigenvalue weighted by Gasteiger charge is -2.34. The van der Waals surface area contributed by atoms with Gasteiger partial charge in [-0.3, -0.25) is 0 Å². The van der Waals surface area contributed by atoms with Gasteiger partial charge in [0.1, 0.15) is 0 Å². The van der Waals surface area contributed by atoms with Gasteiger partial charge in [0.15, 0.2) is 0 Å². The topological polar surface area (TPSA) is 0 Å². The van der Waals surface area contributed by atoms with Gasteiger partial charge in [-0.2, -0.15) is 0 Å². The maximum absolute atomic E-state index is 2.40. The minimum atomic E-state index is -0.319. The van der Waals surface area contributed by atoms with Crippen molar-refractivity contribution in [3.8, 4) is 11.1 Å². The van der Waals surface area contributed by atoms with Gasteiger partial charge in [0.2, 0.25) is 0 Å². The van der Waals surface area contributed by atoms with Crippen LogP contribution in [0.25, 0.3) is 21.9 Å². The molecule has 0 aromatic heterocycles. The molecule has 0 spiro atoms. The first-order valence-electron chi connectivity index (χ1n) is 11.0. The third kappa shape index (κ3) is 2.55. The summed E-state index contributed by atoms with van der Waals surface area (Å²) in [5.74, 6) is 0. The Labute approximate surface area is 183 Å². The highest BCUT2D eigenvalue weighted by Gasteiger charge is 2.45. The number of hydrogen-bond acceptors (Lipinski definition) is 0. The van der Waals surface area contributed by atoms with Crippen molar-refractivity contribution in [3.63, 3.8) is 0 Å². The summed E-state index contributed by atoms with van der Waals surface area (Å²) in [6, 6.07) is 40.7. The van der Waals surface area contributed by atoms with Gasteiger partial charge in [0, 0.05) is 0 Å². The second kappa shape index (κ2) is 6.68. The van der Waals surface area contributed by atoms with E-state index in [0.29, 0.717) is 0 Å². The molecule has 5 aromatic rings. The molecular formula is C31H24. The molecule has 0 atom stereocenters. The third-order valence-corrected chi connectivity index (χ3v) is 6.87. The van der Waals surface area contributed by atoms with Crippen LogP contribution < -0.4 is 0 Å². The van der Waals surface area contributed by atoms with Crippen LogP contribution in [0.2, 0.25) is 0 Å². The van der Waals surface area contributed by atoms with Gasteiger partial charge in [-0.25, -0.2) is 0 Å². The predicted octanol–water partition coefficient (Wildman–Crippen LogP) is 7.82. The number of aryl methyl sites for hydroxylation is 2. The van der Waals surface area contributed by atoms with Crippen LogP contribution in [0.5, 0.6) is 0 Å². The van der Waals surface area contributed by atoms with E-state index >= 15 is 0 Å². The van der Waals surface area contributed by atoms with Gasteiger partial charge >= 0.3 is 0 Å². The molecule has 0 aliphatic heterocycles. The number of benzene rings is 5. The second-order valence-corrected chi connectivity index (χ2v) is 8.77. The van der Waals surface area contributed by atoms with E-state index in [9.17, 15) is 0 Å². The lowest BCUT2D eigenvalue weighted by atomic mass is 9.67. The Hall–Kier alpha value is -3.64. The summed E-state index contributed by atoms with van der Waals surface area (Å²) in [7, 11) is 0. The average molecular weight is 397 g/mol. The zero-order valence-corrected chi connectivity index (χ0v) is 17.9. The Morgan fingerprint density at radius 1 is 0.452 bits per heavy atom. The highest BCUT2D eigenvalue weighted by molar-refractivity contribution is 5.89. The van der Waals surface area contributed by atoms with E-state index in [1.165, 1.54) is 55.3 Å². The zero-order valence-electron chi connectivity index (χ0n) is 17.9. The number of hydrogen-bond donors (Lipinski definition) is 0. The fraction of sp³-hybridized carbons (Fsp3) is 0.0968. The summed E-state index contributed by atoms with van der Waals surface area (Å²) in [6.07, 6.45) is 0. The maximum Gasteiger partial charge on any atom is 0.0713 e. The monoisotopic (exact) mass is 396 g/mol. The molecule has 0 saturated heterocycles. The van der Waals surface area contributed by atoms with E-state index in [4.69, 9.17) is 0 Å². The quantitative estimate of drug-likeness (QED) is 0.280. The van der Waals surface area contributed by atoms with Crippen molar-refractivity contribution in [2.45, 2.75) is 19.3 Å². The molecule has 0 amide bonds. The summed E-state index contributed by atoms with van der Waals surface area (Å²) >= 11 is 0. The van der Waals surface area contributed by atoms with Crippen molar-refractivity contribution in [2.75, 3.05) is 0 Å². The Morgan fingerprint density at radius 2 is 0.968 bits per heavy atom. The lowest BCUT2D eigenvalue weighted by Crippen LogP contribution is -2.28. The minimum Gasteiger partial charge on any atom is -0.0619 e. The van der Waals surface area contributed by atoms with Crippen molar-refractivity contribution < 1.29 is 0 Å². The Bertz CT molecular complexity index is 1390. The molecule has 0 unspecified atom stereocenters. The van der Waals surface area contributed by atoms with Crippen LogP contribution in [-0.4, -0.2) is 0 Å². The van der Waals surface area contributed by atoms with Crippen LogP contribution in [0.1, 0.15) is 33.4 Å². The van der Waals surface area contributed by atoms with Gasteiger partial charge in [-0.1, -0.05) is 114 Å². The second-order valence-electron chi connectivity index (χ2n) is 8.77. The Morgan fingerprint density at radius 3 is 1.65 bits per heavy atom. The zero-order chi connectivity index (χ0) is 21.0.